The fourth-order valence-electron chi connectivity index (χ4n) is 4.17. The van der Waals surface area contributed by atoms with Gasteiger partial charge in [0.25, 0.3) is 0 Å². The largest absolute Gasteiger partial charge is 0.453 e. The van der Waals surface area contributed by atoms with Gasteiger partial charge in [0.05, 0.1) is 13.7 Å². The zero-order chi connectivity index (χ0) is 20.5. The molecule has 1 aromatic carbocycles. The summed E-state index contributed by atoms with van der Waals surface area (Å²) < 4.78 is 4.82. The lowest BCUT2D eigenvalue weighted by Gasteiger charge is -2.32. The Balaban J connectivity index is 0.00000320. The molecule has 0 bridgehead atoms. The van der Waals surface area contributed by atoms with Gasteiger partial charge in [-0.3, -0.25) is 9.89 Å². The van der Waals surface area contributed by atoms with Gasteiger partial charge >= 0.3 is 6.09 Å². The number of ether oxygens (including phenoxy) is 1. The summed E-state index contributed by atoms with van der Waals surface area (Å²) in [7, 11) is 1.44. The SMILES string of the molecule is CCNC(=NCC1CCCN1Cc1ccccc1)NC1CCN(C(=O)OC)CC1.I. The molecule has 2 heterocycles. The van der Waals surface area contributed by atoms with E-state index in [-0.39, 0.29) is 30.1 Å². The monoisotopic (exact) mass is 529 g/mol. The number of carbonyl (C=O) groups excluding carboxylic acids is 1. The fraction of sp³-hybridized carbons (Fsp3) is 0.636. The zero-order valence-corrected chi connectivity index (χ0v) is 20.5. The summed E-state index contributed by atoms with van der Waals surface area (Å²) in [6, 6.07) is 11.5. The van der Waals surface area contributed by atoms with Crippen molar-refractivity contribution in [1.29, 1.82) is 0 Å². The van der Waals surface area contributed by atoms with Gasteiger partial charge in [0.15, 0.2) is 5.96 Å². The maximum Gasteiger partial charge on any atom is 0.409 e. The molecule has 2 fully saturated rings. The Hall–Kier alpha value is -1.55. The van der Waals surface area contributed by atoms with Gasteiger partial charge in [-0.05, 0) is 44.7 Å². The Morgan fingerprint density at radius 1 is 1.17 bits per heavy atom. The van der Waals surface area contributed by atoms with Gasteiger partial charge in [0.1, 0.15) is 0 Å². The number of piperidine rings is 1. The molecular weight excluding hydrogens is 493 g/mol. The lowest BCUT2D eigenvalue weighted by Crippen LogP contribution is -2.50. The molecule has 1 atom stereocenters. The maximum atomic E-state index is 11.7. The highest BCUT2D eigenvalue weighted by Gasteiger charge is 2.26. The molecule has 2 saturated heterocycles. The number of nitrogens with zero attached hydrogens (tertiary/aromatic N) is 3. The van der Waals surface area contributed by atoms with Crippen LogP contribution in [0.4, 0.5) is 4.79 Å². The Morgan fingerprint density at radius 2 is 1.90 bits per heavy atom. The number of hydrogen-bond donors (Lipinski definition) is 2. The Kier molecular flexibility index (Phi) is 10.7. The van der Waals surface area contributed by atoms with E-state index in [0.29, 0.717) is 12.1 Å². The molecule has 0 aliphatic carbocycles. The van der Waals surface area contributed by atoms with E-state index in [0.717, 1.165) is 58.1 Å². The van der Waals surface area contributed by atoms with Gasteiger partial charge in [-0.2, -0.15) is 0 Å². The van der Waals surface area contributed by atoms with Gasteiger partial charge in [-0.25, -0.2) is 4.79 Å². The molecule has 1 unspecified atom stereocenters. The molecule has 0 saturated carbocycles. The highest BCUT2D eigenvalue weighted by Crippen LogP contribution is 2.20. The number of benzene rings is 1. The van der Waals surface area contributed by atoms with Crippen LogP contribution < -0.4 is 10.6 Å². The quantitative estimate of drug-likeness (QED) is 0.337. The summed E-state index contributed by atoms with van der Waals surface area (Å²) in [5, 5.41) is 6.94. The standard InChI is InChI=1S/C22H35N5O2.HI/c1-3-23-21(25-19-11-14-26(15-12-19)22(28)29-2)24-16-20-10-7-13-27(20)17-18-8-5-4-6-9-18;/h4-6,8-9,19-20H,3,7,10-17H2,1-2H3,(H2,23,24,25);1H. The van der Waals surface area contributed by atoms with Crippen molar-refractivity contribution in [2.24, 2.45) is 4.99 Å². The van der Waals surface area contributed by atoms with Crippen LogP contribution in [0.2, 0.25) is 0 Å². The summed E-state index contributed by atoms with van der Waals surface area (Å²) in [5.41, 5.74) is 1.37. The number of rotatable bonds is 6. The number of carbonyl (C=O) groups is 1. The van der Waals surface area contributed by atoms with E-state index in [2.05, 4.69) is 52.8 Å². The van der Waals surface area contributed by atoms with E-state index in [9.17, 15) is 4.79 Å². The van der Waals surface area contributed by atoms with E-state index in [1.165, 1.54) is 25.5 Å². The molecule has 0 aromatic heterocycles. The highest BCUT2D eigenvalue weighted by atomic mass is 127. The molecule has 0 spiro atoms. The Labute approximate surface area is 197 Å². The number of aliphatic imine (C=N–C) groups is 1. The van der Waals surface area contributed by atoms with Crippen molar-refractivity contribution in [1.82, 2.24) is 20.4 Å². The van der Waals surface area contributed by atoms with Crippen molar-refractivity contribution in [2.75, 3.05) is 39.8 Å². The number of amides is 1. The first-order chi connectivity index (χ1) is 14.2. The first-order valence-corrected chi connectivity index (χ1v) is 10.8. The van der Waals surface area contributed by atoms with Crippen molar-refractivity contribution < 1.29 is 9.53 Å². The van der Waals surface area contributed by atoms with Crippen LogP contribution in [0, 0.1) is 0 Å². The molecule has 2 N–H and O–H groups in total. The van der Waals surface area contributed by atoms with Gasteiger partial charge in [-0.1, -0.05) is 30.3 Å². The number of methoxy groups -OCH3 is 1. The van der Waals surface area contributed by atoms with Crippen molar-refractivity contribution >= 4 is 36.0 Å². The Bertz CT molecular complexity index is 665. The normalized spacial score (nSPS) is 20.5. The number of hydrogen-bond acceptors (Lipinski definition) is 4. The number of halogens is 1. The van der Waals surface area contributed by atoms with Crippen molar-refractivity contribution in [3.05, 3.63) is 35.9 Å². The smallest absolute Gasteiger partial charge is 0.409 e. The second-order valence-corrected chi connectivity index (χ2v) is 7.85. The van der Waals surface area contributed by atoms with Crippen LogP contribution in [0.1, 0.15) is 38.2 Å². The average molecular weight is 529 g/mol. The van der Waals surface area contributed by atoms with E-state index in [1.807, 2.05) is 0 Å². The molecule has 7 nitrogen and oxygen atoms in total. The summed E-state index contributed by atoms with van der Waals surface area (Å²) in [6.45, 7) is 7.32. The molecule has 3 rings (SSSR count). The first-order valence-electron chi connectivity index (χ1n) is 10.8. The lowest BCUT2D eigenvalue weighted by atomic mass is 10.1. The molecule has 30 heavy (non-hydrogen) atoms. The van der Waals surface area contributed by atoms with E-state index >= 15 is 0 Å². The molecule has 0 radical (unpaired) electrons. The zero-order valence-electron chi connectivity index (χ0n) is 18.2. The van der Waals surface area contributed by atoms with Crippen molar-refractivity contribution in [3.8, 4) is 0 Å². The van der Waals surface area contributed by atoms with E-state index in [4.69, 9.17) is 9.73 Å². The summed E-state index contributed by atoms with van der Waals surface area (Å²) in [6.07, 6.45) is 4.02. The summed E-state index contributed by atoms with van der Waals surface area (Å²) in [5.74, 6) is 0.885. The van der Waals surface area contributed by atoms with Crippen LogP contribution in [0.25, 0.3) is 0 Å². The van der Waals surface area contributed by atoms with Crippen LogP contribution in [0.5, 0.6) is 0 Å². The van der Waals surface area contributed by atoms with E-state index < -0.39 is 0 Å². The molecule has 1 aromatic rings. The van der Waals surface area contributed by atoms with E-state index in [1.54, 1.807) is 4.90 Å². The first kappa shape index (κ1) is 24.7. The second-order valence-electron chi connectivity index (χ2n) is 7.85. The minimum atomic E-state index is -0.233. The van der Waals surface area contributed by atoms with Crippen molar-refractivity contribution in [3.63, 3.8) is 0 Å². The molecule has 2 aliphatic rings. The lowest BCUT2D eigenvalue weighted by molar-refractivity contribution is 0.111. The predicted octanol–water partition coefficient (Wildman–Crippen LogP) is 3.05. The minimum Gasteiger partial charge on any atom is -0.453 e. The Morgan fingerprint density at radius 3 is 2.57 bits per heavy atom. The molecule has 8 heteroatoms. The predicted molar refractivity (Wildman–Crippen MR) is 131 cm³/mol. The van der Waals surface area contributed by atoms with Gasteiger partial charge in [-0.15, -0.1) is 24.0 Å². The van der Waals surface area contributed by atoms with Crippen LogP contribution in [0.3, 0.4) is 0 Å². The molecule has 2 aliphatic heterocycles. The van der Waals surface area contributed by atoms with Crippen LogP contribution in [0.15, 0.2) is 35.3 Å². The average Bonchev–Trinajstić information content (AvgIpc) is 3.19. The molecule has 168 valence electrons. The second kappa shape index (κ2) is 13.0. The fourth-order valence-corrected chi connectivity index (χ4v) is 4.17. The van der Waals surface area contributed by atoms with Crippen LogP contribution >= 0.6 is 24.0 Å². The maximum absolute atomic E-state index is 11.7. The van der Waals surface area contributed by atoms with Crippen LogP contribution in [-0.4, -0.2) is 73.8 Å². The number of guanidine groups is 1. The summed E-state index contributed by atoms with van der Waals surface area (Å²) >= 11 is 0. The molecular formula is C22H36IN5O2. The van der Waals surface area contributed by atoms with Crippen LogP contribution in [-0.2, 0) is 11.3 Å². The van der Waals surface area contributed by atoms with Gasteiger partial charge in [0, 0.05) is 38.3 Å². The van der Waals surface area contributed by atoms with Gasteiger partial charge in [0.2, 0.25) is 0 Å². The summed E-state index contributed by atoms with van der Waals surface area (Å²) in [4.78, 5) is 20.9. The number of likely N-dealkylation sites (tertiary alicyclic amines) is 2. The third kappa shape index (κ3) is 7.30. The highest BCUT2D eigenvalue weighted by molar-refractivity contribution is 14.0. The van der Waals surface area contributed by atoms with Crippen molar-refractivity contribution in [2.45, 2.75) is 51.2 Å². The third-order valence-corrected chi connectivity index (χ3v) is 5.80. The minimum absolute atomic E-state index is 0. The number of nitrogens with one attached hydrogen (secondary N) is 2. The molecule has 1 amide bonds. The third-order valence-electron chi connectivity index (χ3n) is 5.80. The van der Waals surface area contributed by atoms with Gasteiger partial charge < -0.3 is 20.3 Å². The topological polar surface area (TPSA) is 69.2 Å².